The zero-order chi connectivity index (χ0) is 25.8. The topological polar surface area (TPSA) is 90.1 Å². The van der Waals surface area contributed by atoms with Gasteiger partial charge in [-0.2, -0.15) is 13.2 Å². The van der Waals surface area contributed by atoms with Crippen LogP contribution in [0.4, 0.5) is 13.2 Å². The van der Waals surface area contributed by atoms with Gasteiger partial charge in [-0.15, -0.1) is 0 Å². The normalized spacial score (nSPS) is 13.7. The summed E-state index contributed by atoms with van der Waals surface area (Å²) >= 11 is 0. The van der Waals surface area contributed by atoms with Crippen LogP contribution in [0.25, 0.3) is 33.1 Å². The molecule has 0 saturated carbocycles. The van der Waals surface area contributed by atoms with E-state index in [-0.39, 0.29) is 6.42 Å². The van der Waals surface area contributed by atoms with Crippen molar-refractivity contribution in [2.45, 2.75) is 58.4 Å². The number of pyridine rings is 1. The number of aromatic nitrogens is 4. The van der Waals surface area contributed by atoms with E-state index in [1.54, 1.807) is 39.1 Å². The van der Waals surface area contributed by atoms with Crippen molar-refractivity contribution in [1.82, 2.24) is 19.7 Å². The summed E-state index contributed by atoms with van der Waals surface area (Å²) < 4.78 is 52.4. The molecular weight excluding hydrogens is 473 g/mol. The summed E-state index contributed by atoms with van der Waals surface area (Å²) in [5, 5.41) is 15.4. The fourth-order valence-electron chi connectivity index (χ4n) is 4.75. The van der Waals surface area contributed by atoms with Crippen LogP contribution in [-0.4, -0.2) is 31.0 Å². The Morgan fingerprint density at radius 2 is 1.86 bits per heavy atom. The maximum Gasteiger partial charge on any atom is 0.389 e. The molecule has 5 rings (SSSR count). The second kappa shape index (κ2) is 8.48. The lowest BCUT2D eigenvalue weighted by molar-refractivity contribution is -0.136. The Morgan fingerprint density at radius 3 is 2.47 bits per heavy atom. The Balaban J connectivity index is 1.83. The molecule has 0 spiro atoms. The summed E-state index contributed by atoms with van der Waals surface area (Å²) in [6, 6.07) is 6.54. The summed E-state index contributed by atoms with van der Waals surface area (Å²) in [4.78, 5) is 8.92. The van der Waals surface area contributed by atoms with Crippen LogP contribution < -0.4 is 0 Å². The van der Waals surface area contributed by atoms with Crippen LogP contribution in [0.15, 0.2) is 52.1 Å². The number of nitrogens with zero attached hydrogens (tertiary/aromatic N) is 4. The predicted octanol–water partition coefficient (Wildman–Crippen LogP) is 6.61. The lowest BCUT2D eigenvalue weighted by Gasteiger charge is -2.22. The Labute approximate surface area is 204 Å². The fourth-order valence-corrected chi connectivity index (χ4v) is 4.75. The number of rotatable bonds is 6. The van der Waals surface area contributed by atoms with Crippen molar-refractivity contribution in [3.63, 3.8) is 0 Å². The third-order valence-electron chi connectivity index (χ3n) is 6.47. The maximum absolute atomic E-state index is 13.4. The summed E-state index contributed by atoms with van der Waals surface area (Å²) in [5.74, 6) is 0.616. The van der Waals surface area contributed by atoms with Crippen molar-refractivity contribution in [3.8, 4) is 11.1 Å². The van der Waals surface area contributed by atoms with Crippen LogP contribution in [-0.2, 0) is 5.60 Å². The SMILES string of the molecule is Cc1noc(C)c1-c1cnc2c3ccc(C(C)(C)O)cc3n([C@H](CCC(F)(F)F)c3cocn3)c2c1. The molecule has 0 aliphatic carbocycles. The van der Waals surface area contributed by atoms with E-state index >= 15 is 0 Å². The first-order valence-corrected chi connectivity index (χ1v) is 11.5. The average molecular weight is 499 g/mol. The molecule has 36 heavy (non-hydrogen) atoms. The molecule has 188 valence electrons. The summed E-state index contributed by atoms with van der Waals surface area (Å²) in [7, 11) is 0. The number of oxazole rings is 1. The van der Waals surface area contributed by atoms with Crippen molar-refractivity contribution in [3.05, 3.63) is 65.8 Å². The van der Waals surface area contributed by atoms with Gasteiger partial charge in [0, 0.05) is 29.1 Å². The zero-order valence-corrected chi connectivity index (χ0v) is 20.2. The number of fused-ring (bicyclic) bond motifs is 3. The van der Waals surface area contributed by atoms with Gasteiger partial charge in [0.2, 0.25) is 0 Å². The van der Waals surface area contributed by atoms with Crippen molar-refractivity contribution < 1.29 is 27.2 Å². The molecule has 10 heteroatoms. The van der Waals surface area contributed by atoms with Gasteiger partial charge in [-0.05, 0) is 51.8 Å². The van der Waals surface area contributed by atoms with Gasteiger partial charge in [-0.1, -0.05) is 17.3 Å². The third-order valence-corrected chi connectivity index (χ3v) is 6.47. The molecule has 0 fully saturated rings. The van der Waals surface area contributed by atoms with Crippen LogP contribution in [0, 0.1) is 13.8 Å². The molecule has 4 aromatic heterocycles. The summed E-state index contributed by atoms with van der Waals surface area (Å²) in [5.41, 5.74) is 3.95. The molecule has 0 amide bonds. The van der Waals surface area contributed by atoms with Gasteiger partial charge in [0.25, 0.3) is 0 Å². The van der Waals surface area contributed by atoms with Gasteiger partial charge in [-0.3, -0.25) is 4.98 Å². The lowest BCUT2D eigenvalue weighted by Crippen LogP contribution is -2.17. The fraction of sp³-hybridized carbons (Fsp3) is 0.346. The first-order valence-electron chi connectivity index (χ1n) is 11.5. The largest absolute Gasteiger partial charge is 0.451 e. The quantitative estimate of drug-likeness (QED) is 0.283. The van der Waals surface area contributed by atoms with Gasteiger partial charge in [0.05, 0.1) is 33.9 Å². The van der Waals surface area contributed by atoms with Gasteiger partial charge >= 0.3 is 6.18 Å². The molecule has 4 heterocycles. The van der Waals surface area contributed by atoms with Crippen LogP contribution in [0.3, 0.4) is 0 Å². The molecule has 0 radical (unpaired) electrons. The highest BCUT2D eigenvalue weighted by molar-refractivity contribution is 6.07. The smallest absolute Gasteiger partial charge is 0.389 e. The molecule has 0 saturated heterocycles. The van der Waals surface area contributed by atoms with Gasteiger partial charge in [0.1, 0.15) is 17.7 Å². The number of aliphatic hydroxyl groups is 1. The zero-order valence-electron chi connectivity index (χ0n) is 20.2. The molecule has 0 aliphatic rings. The lowest BCUT2D eigenvalue weighted by atomic mass is 9.97. The summed E-state index contributed by atoms with van der Waals surface area (Å²) in [6.45, 7) is 6.94. The van der Waals surface area contributed by atoms with E-state index < -0.39 is 24.2 Å². The molecule has 0 unspecified atom stereocenters. The van der Waals surface area contributed by atoms with E-state index in [2.05, 4.69) is 10.1 Å². The molecule has 5 aromatic rings. The number of hydrogen-bond acceptors (Lipinski definition) is 6. The van der Waals surface area contributed by atoms with Crippen molar-refractivity contribution in [2.24, 2.45) is 0 Å². The van der Waals surface area contributed by atoms with Crippen molar-refractivity contribution >= 4 is 21.9 Å². The van der Waals surface area contributed by atoms with Crippen LogP contribution >= 0.6 is 0 Å². The first-order chi connectivity index (χ1) is 16.9. The van der Waals surface area contributed by atoms with E-state index in [1.807, 2.05) is 23.6 Å². The molecular formula is C26H25F3N4O3. The number of hydrogen-bond donors (Lipinski definition) is 1. The van der Waals surface area contributed by atoms with Crippen molar-refractivity contribution in [2.75, 3.05) is 0 Å². The van der Waals surface area contributed by atoms with E-state index in [9.17, 15) is 18.3 Å². The number of alkyl halides is 3. The number of halogens is 3. The standard InChI is InChI=1S/C26H25F3N4O3/c1-14-23(15(2)36-32-14)16-9-22-24(30-11-16)18-6-5-17(25(3,4)34)10-21(18)33(22)20(7-8-26(27,28)29)19-12-35-13-31-19/h5-6,9-13,20,34H,7-8H2,1-4H3/t20-/m1/s1. The molecule has 7 nitrogen and oxygen atoms in total. The van der Waals surface area contributed by atoms with Gasteiger partial charge in [0.15, 0.2) is 6.39 Å². The van der Waals surface area contributed by atoms with E-state index in [0.717, 1.165) is 16.5 Å². The highest BCUT2D eigenvalue weighted by Gasteiger charge is 2.32. The second-order valence-corrected chi connectivity index (χ2v) is 9.53. The monoisotopic (exact) mass is 498 g/mol. The van der Waals surface area contributed by atoms with Gasteiger partial charge in [-0.25, -0.2) is 4.98 Å². The average Bonchev–Trinajstić information content (AvgIpc) is 3.51. The van der Waals surface area contributed by atoms with Crippen molar-refractivity contribution in [1.29, 1.82) is 0 Å². The van der Waals surface area contributed by atoms with Crippen LogP contribution in [0.2, 0.25) is 0 Å². The minimum atomic E-state index is -4.35. The number of benzene rings is 1. The predicted molar refractivity (Wildman–Crippen MR) is 127 cm³/mol. The molecule has 0 aliphatic heterocycles. The van der Waals surface area contributed by atoms with Gasteiger partial charge < -0.3 is 18.6 Å². The highest BCUT2D eigenvalue weighted by atomic mass is 19.4. The van der Waals surface area contributed by atoms with E-state index in [1.165, 1.54) is 12.7 Å². The Hall–Kier alpha value is -3.66. The Bertz CT molecular complexity index is 1520. The summed E-state index contributed by atoms with van der Waals surface area (Å²) in [6.07, 6.45) is -1.32. The minimum Gasteiger partial charge on any atom is -0.451 e. The second-order valence-electron chi connectivity index (χ2n) is 9.53. The van der Waals surface area contributed by atoms with Crippen LogP contribution in [0.5, 0.6) is 0 Å². The Kier molecular flexibility index (Phi) is 5.66. The van der Waals surface area contributed by atoms with Crippen LogP contribution in [0.1, 0.15) is 55.4 Å². The molecule has 1 atom stereocenters. The molecule has 0 bridgehead atoms. The Morgan fingerprint density at radius 1 is 1.08 bits per heavy atom. The van der Waals surface area contributed by atoms with E-state index in [4.69, 9.17) is 13.9 Å². The van der Waals surface area contributed by atoms with E-state index in [0.29, 0.717) is 39.3 Å². The number of aryl methyl sites for hydroxylation is 2. The third kappa shape index (κ3) is 4.26. The first kappa shape index (κ1) is 24.1. The minimum absolute atomic E-state index is 0.253. The maximum atomic E-state index is 13.4. The molecule has 1 aromatic carbocycles. The molecule has 1 N–H and O–H groups in total. The highest BCUT2D eigenvalue weighted by Crippen LogP contribution is 2.40.